The zero-order valence-electron chi connectivity index (χ0n) is 41.5. The summed E-state index contributed by atoms with van der Waals surface area (Å²) in [6.07, 6.45) is -10.5. The van der Waals surface area contributed by atoms with E-state index in [-0.39, 0.29) is 28.6 Å². The van der Waals surface area contributed by atoms with Crippen molar-refractivity contribution >= 4 is 60.7 Å². The summed E-state index contributed by atoms with van der Waals surface area (Å²) in [6.45, 7) is 24.0. The van der Waals surface area contributed by atoms with Gasteiger partial charge in [0.2, 0.25) is 0 Å². The van der Waals surface area contributed by atoms with E-state index in [0.29, 0.717) is 123 Å². The minimum atomic E-state index is -5.24. The van der Waals surface area contributed by atoms with Crippen molar-refractivity contribution in [2.75, 3.05) is 0 Å². The standard InChI is InChI=1S/C67H33F6N7/c1-76-57-17-9-6-14-49(57)40-21-25-53-52-24-20-39(48-13-5-4-12-43(48)37-74)30-61(52)79(62(53)31-40)60-36-56(44-28-46(66(68,69)70)35-47(29-44)67(71,72)73)65(34-45(60)38-75)80-63-32-41(50-15-7-10-18-58(50)77-2)22-26-54(63)55-27-23-42(33-64(55)80)51-16-8-11-19-59(51)78-3/h4-36H. The summed E-state index contributed by atoms with van der Waals surface area (Å²) < 4.78 is 94.1. The van der Waals surface area contributed by atoms with Crippen LogP contribution in [-0.4, -0.2) is 9.13 Å². The number of nitrogens with zero attached hydrogens (tertiary/aromatic N) is 7. The van der Waals surface area contributed by atoms with Crippen molar-refractivity contribution in [1.82, 2.24) is 9.13 Å². The molecule has 12 aromatic rings. The molecule has 0 aliphatic carbocycles. The van der Waals surface area contributed by atoms with Gasteiger partial charge in [0, 0.05) is 27.1 Å². The van der Waals surface area contributed by atoms with Gasteiger partial charge < -0.3 is 9.13 Å². The largest absolute Gasteiger partial charge is 0.416 e. The lowest BCUT2D eigenvalue weighted by Gasteiger charge is -2.21. The number of rotatable bonds is 7. The number of benzene rings is 10. The molecule has 12 rings (SSSR count). The molecule has 2 heterocycles. The molecule has 0 amide bonds. The monoisotopic (exact) mass is 1050 g/mol. The predicted molar refractivity (Wildman–Crippen MR) is 301 cm³/mol. The number of hydrogen-bond donors (Lipinski definition) is 0. The van der Waals surface area contributed by atoms with Crippen LogP contribution in [0.2, 0.25) is 0 Å². The van der Waals surface area contributed by atoms with Gasteiger partial charge in [0.15, 0.2) is 17.1 Å². The molecular formula is C67H33F6N7. The van der Waals surface area contributed by atoms with Crippen molar-refractivity contribution in [2.45, 2.75) is 12.4 Å². The summed E-state index contributed by atoms with van der Waals surface area (Å²) >= 11 is 0. The van der Waals surface area contributed by atoms with Crippen molar-refractivity contribution in [3.05, 3.63) is 257 Å². The first-order valence-corrected chi connectivity index (χ1v) is 24.7. The van der Waals surface area contributed by atoms with Gasteiger partial charge in [-0.1, -0.05) is 140 Å². The van der Waals surface area contributed by atoms with E-state index >= 15 is 26.3 Å². The second-order valence-electron chi connectivity index (χ2n) is 18.9. The zero-order chi connectivity index (χ0) is 55.6. The van der Waals surface area contributed by atoms with Crippen LogP contribution in [0.15, 0.2) is 200 Å². The van der Waals surface area contributed by atoms with E-state index in [4.69, 9.17) is 19.7 Å². The number of nitriles is 2. The molecule has 10 aromatic carbocycles. The first-order chi connectivity index (χ1) is 38.7. The van der Waals surface area contributed by atoms with Gasteiger partial charge >= 0.3 is 12.4 Å². The van der Waals surface area contributed by atoms with Gasteiger partial charge in [-0.3, -0.25) is 0 Å². The molecule has 13 heteroatoms. The molecule has 0 N–H and O–H groups in total. The average molecular weight is 1050 g/mol. The Hall–Kier alpha value is -11.2. The Bertz CT molecular complexity index is 4570. The number of hydrogen-bond acceptors (Lipinski definition) is 2. The van der Waals surface area contributed by atoms with Crippen molar-refractivity contribution in [1.29, 1.82) is 10.5 Å². The van der Waals surface area contributed by atoms with Gasteiger partial charge in [0.05, 0.1) is 81.5 Å². The number of fused-ring (bicyclic) bond motifs is 6. The molecule has 0 atom stereocenters. The summed E-state index contributed by atoms with van der Waals surface area (Å²) in [6, 6.07) is 58.9. The second-order valence-corrected chi connectivity index (χ2v) is 18.9. The van der Waals surface area contributed by atoms with Crippen LogP contribution in [0.5, 0.6) is 0 Å². The third-order valence-corrected chi connectivity index (χ3v) is 14.5. The Labute approximate surface area is 453 Å². The molecule has 378 valence electrons. The van der Waals surface area contributed by atoms with E-state index in [1.54, 1.807) is 118 Å². The topological polar surface area (TPSA) is 70.5 Å². The fraction of sp³-hybridized carbons (Fsp3) is 0.0299. The maximum absolute atomic E-state index is 15.1. The van der Waals surface area contributed by atoms with Gasteiger partial charge in [0.1, 0.15) is 6.07 Å². The molecule has 0 saturated heterocycles. The van der Waals surface area contributed by atoms with E-state index in [2.05, 4.69) is 26.7 Å². The molecule has 0 bridgehead atoms. The van der Waals surface area contributed by atoms with E-state index in [0.717, 1.165) is 0 Å². The normalized spacial score (nSPS) is 11.6. The molecule has 0 unspecified atom stereocenters. The van der Waals surface area contributed by atoms with E-state index in [1.165, 1.54) is 12.1 Å². The number of aromatic nitrogens is 2. The van der Waals surface area contributed by atoms with Crippen LogP contribution in [0.3, 0.4) is 0 Å². The van der Waals surface area contributed by atoms with Crippen LogP contribution in [0.25, 0.3) is 125 Å². The Morgan fingerprint density at radius 3 is 1.06 bits per heavy atom. The van der Waals surface area contributed by atoms with Gasteiger partial charge in [-0.15, -0.1) is 0 Å². The quantitative estimate of drug-likeness (QED) is 0.118. The van der Waals surface area contributed by atoms with Gasteiger partial charge in [-0.25, -0.2) is 14.5 Å². The molecular weight excluding hydrogens is 1020 g/mol. The molecule has 0 fully saturated rings. The highest BCUT2D eigenvalue weighted by atomic mass is 19.4. The molecule has 7 nitrogen and oxygen atoms in total. The molecule has 0 saturated carbocycles. The number of halogens is 6. The van der Waals surface area contributed by atoms with Crippen molar-refractivity contribution in [3.8, 4) is 79.1 Å². The molecule has 0 spiro atoms. The Morgan fingerprint density at radius 1 is 0.338 bits per heavy atom. The smallest absolute Gasteiger partial charge is 0.309 e. The third-order valence-electron chi connectivity index (χ3n) is 14.5. The minimum absolute atomic E-state index is 0.0284. The first-order valence-electron chi connectivity index (χ1n) is 24.7. The summed E-state index contributed by atoms with van der Waals surface area (Å²) in [5.41, 5.74) is 4.34. The first kappa shape index (κ1) is 49.7. The fourth-order valence-electron chi connectivity index (χ4n) is 10.9. The SMILES string of the molecule is [C-]#[N+]c1ccccc1-c1ccc2c3ccc(-c4ccccc4C#N)cc3n(-c3cc(-c4cc(C(F)(F)F)cc(C(F)(F)F)c4)c(-n4c5cc(-c6ccccc6[N+]#[C-])ccc5c5ccc(-c6ccccc6[N+]#[C-])cc54)cc3C#N)c2c1. The Balaban J connectivity index is 1.26. The van der Waals surface area contributed by atoms with Crippen LogP contribution < -0.4 is 0 Å². The fourth-order valence-corrected chi connectivity index (χ4v) is 10.9. The summed E-state index contributed by atoms with van der Waals surface area (Å²) in [5, 5.41) is 24.4. The molecule has 0 aliphatic rings. The molecule has 0 aliphatic heterocycles. The third kappa shape index (κ3) is 8.30. The van der Waals surface area contributed by atoms with Gasteiger partial charge in [-0.2, -0.15) is 36.9 Å². The van der Waals surface area contributed by atoms with Crippen LogP contribution in [-0.2, 0) is 12.4 Å². The predicted octanol–water partition coefficient (Wildman–Crippen LogP) is 19.6. The molecule has 2 aromatic heterocycles. The number of para-hydroxylation sites is 3. The Kier molecular flexibility index (Phi) is 11.9. The van der Waals surface area contributed by atoms with Crippen LogP contribution in [0.1, 0.15) is 22.3 Å². The maximum atomic E-state index is 15.1. The summed E-state index contributed by atoms with van der Waals surface area (Å²) in [4.78, 5) is 11.3. The van der Waals surface area contributed by atoms with Crippen LogP contribution >= 0.6 is 0 Å². The molecule has 0 radical (unpaired) electrons. The highest BCUT2D eigenvalue weighted by molar-refractivity contribution is 6.14. The maximum Gasteiger partial charge on any atom is 0.416 e. The highest BCUT2D eigenvalue weighted by Gasteiger charge is 2.38. The second kappa shape index (κ2) is 19.1. The van der Waals surface area contributed by atoms with E-state index in [1.807, 2.05) is 60.7 Å². The van der Waals surface area contributed by atoms with Crippen LogP contribution in [0.4, 0.5) is 43.4 Å². The van der Waals surface area contributed by atoms with E-state index < -0.39 is 29.0 Å². The minimum Gasteiger partial charge on any atom is -0.309 e. The van der Waals surface area contributed by atoms with Gasteiger partial charge in [0.25, 0.3) is 0 Å². The molecule has 80 heavy (non-hydrogen) atoms. The van der Waals surface area contributed by atoms with Crippen molar-refractivity contribution in [2.24, 2.45) is 0 Å². The number of alkyl halides is 6. The van der Waals surface area contributed by atoms with E-state index in [9.17, 15) is 10.5 Å². The summed E-state index contributed by atoms with van der Waals surface area (Å²) in [7, 11) is 0. The van der Waals surface area contributed by atoms with Crippen LogP contribution in [0, 0.1) is 42.4 Å². The lowest BCUT2D eigenvalue weighted by molar-refractivity contribution is -0.143. The average Bonchev–Trinajstić information content (AvgIpc) is 4.09. The van der Waals surface area contributed by atoms with Crippen molar-refractivity contribution in [3.63, 3.8) is 0 Å². The zero-order valence-corrected chi connectivity index (χ0v) is 41.5. The lowest BCUT2D eigenvalue weighted by atomic mass is 9.95. The Morgan fingerprint density at radius 2 is 0.688 bits per heavy atom. The summed E-state index contributed by atoms with van der Waals surface area (Å²) in [5.74, 6) is 0. The van der Waals surface area contributed by atoms with Crippen molar-refractivity contribution < 1.29 is 26.3 Å². The highest BCUT2D eigenvalue weighted by Crippen LogP contribution is 2.47. The van der Waals surface area contributed by atoms with Gasteiger partial charge in [-0.05, 0) is 111 Å². The lowest BCUT2D eigenvalue weighted by Crippen LogP contribution is -2.11.